The van der Waals surface area contributed by atoms with Gasteiger partial charge in [-0.15, -0.1) is 0 Å². The summed E-state index contributed by atoms with van der Waals surface area (Å²) in [6.45, 7) is -0.329. The van der Waals surface area contributed by atoms with E-state index in [1.54, 1.807) is 6.07 Å². The molecule has 0 radical (unpaired) electrons. The molecule has 5 heteroatoms. The number of hydrogen-bond acceptors (Lipinski definition) is 2. The van der Waals surface area contributed by atoms with Gasteiger partial charge in [-0.25, -0.2) is 0 Å². The van der Waals surface area contributed by atoms with Gasteiger partial charge in [-0.3, -0.25) is 9.59 Å². The van der Waals surface area contributed by atoms with Crippen molar-refractivity contribution in [3.8, 4) is 0 Å². The highest BCUT2D eigenvalue weighted by Gasteiger charge is 2.44. The lowest BCUT2D eigenvalue weighted by Crippen LogP contribution is -2.30. The zero-order chi connectivity index (χ0) is 12.4. The van der Waals surface area contributed by atoms with Crippen LogP contribution in [-0.2, 0) is 9.59 Å². The summed E-state index contributed by atoms with van der Waals surface area (Å²) >= 11 is 6.03. The lowest BCUT2D eigenvalue weighted by atomic mass is 10.1. The standard InChI is InChI=1S/C12H12ClNO3/c13-10-4-2-1-3-7(10)8-5-9(8)12(17)14-6-11(15)16/h1-4,8-9H,5-6H2,(H,14,17)(H,15,16). The zero-order valence-corrected chi connectivity index (χ0v) is 9.78. The van der Waals surface area contributed by atoms with Gasteiger partial charge < -0.3 is 10.4 Å². The van der Waals surface area contributed by atoms with Crippen molar-refractivity contribution in [3.63, 3.8) is 0 Å². The van der Waals surface area contributed by atoms with Crippen LogP contribution in [0.3, 0.4) is 0 Å². The van der Waals surface area contributed by atoms with Gasteiger partial charge in [-0.1, -0.05) is 29.8 Å². The lowest BCUT2D eigenvalue weighted by Gasteiger charge is -2.03. The van der Waals surface area contributed by atoms with Crippen LogP contribution < -0.4 is 5.32 Å². The van der Waals surface area contributed by atoms with Crippen LogP contribution in [-0.4, -0.2) is 23.5 Å². The average Bonchev–Trinajstić information content (AvgIpc) is 3.06. The van der Waals surface area contributed by atoms with Crippen molar-refractivity contribution >= 4 is 23.5 Å². The summed E-state index contributed by atoms with van der Waals surface area (Å²) in [6, 6.07) is 7.42. The molecule has 0 saturated heterocycles. The van der Waals surface area contributed by atoms with E-state index < -0.39 is 5.97 Å². The molecule has 90 valence electrons. The van der Waals surface area contributed by atoms with E-state index in [0.29, 0.717) is 5.02 Å². The Morgan fingerprint density at radius 2 is 2.12 bits per heavy atom. The first kappa shape index (κ1) is 11.9. The van der Waals surface area contributed by atoms with Crippen molar-refractivity contribution in [2.24, 2.45) is 5.92 Å². The monoisotopic (exact) mass is 253 g/mol. The molecular weight excluding hydrogens is 242 g/mol. The summed E-state index contributed by atoms with van der Waals surface area (Å²) in [6.07, 6.45) is 0.731. The maximum Gasteiger partial charge on any atom is 0.322 e. The summed E-state index contributed by atoms with van der Waals surface area (Å²) < 4.78 is 0. The smallest absolute Gasteiger partial charge is 0.322 e. The molecule has 2 unspecified atom stereocenters. The molecule has 1 aromatic rings. The summed E-state index contributed by atoms with van der Waals surface area (Å²) in [4.78, 5) is 21.9. The van der Waals surface area contributed by atoms with Crippen LogP contribution in [0.4, 0.5) is 0 Å². The first-order valence-electron chi connectivity index (χ1n) is 5.33. The first-order chi connectivity index (χ1) is 8.09. The highest BCUT2D eigenvalue weighted by atomic mass is 35.5. The van der Waals surface area contributed by atoms with Gasteiger partial charge in [-0.2, -0.15) is 0 Å². The van der Waals surface area contributed by atoms with Gasteiger partial charge in [0.1, 0.15) is 6.54 Å². The molecule has 17 heavy (non-hydrogen) atoms. The van der Waals surface area contributed by atoms with Crippen LogP contribution in [0.2, 0.25) is 5.02 Å². The SMILES string of the molecule is O=C(O)CNC(=O)C1CC1c1ccccc1Cl. The second kappa shape index (κ2) is 4.75. The average molecular weight is 254 g/mol. The molecule has 0 heterocycles. The molecule has 2 N–H and O–H groups in total. The first-order valence-corrected chi connectivity index (χ1v) is 5.71. The Bertz CT molecular complexity index is 461. The van der Waals surface area contributed by atoms with E-state index in [9.17, 15) is 9.59 Å². The van der Waals surface area contributed by atoms with Gasteiger partial charge in [0.15, 0.2) is 0 Å². The van der Waals surface area contributed by atoms with Crippen molar-refractivity contribution in [2.45, 2.75) is 12.3 Å². The second-order valence-corrected chi connectivity index (χ2v) is 4.49. The number of carbonyl (C=O) groups excluding carboxylic acids is 1. The fourth-order valence-corrected chi connectivity index (χ4v) is 2.17. The van der Waals surface area contributed by atoms with Gasteiger partial charge >= 0.3 is 5.97 Å². The number of hydrogen-bond donors (Lipinski definition) is 2. The van der Waals surface area contributed by atoms with Gasteiger partial charge in [0.25, 0.3) is 0 Å². The molecule has 1 aliphatic carbocycles. The molecule has 1 amide bonds. The Morgan fingerprint density at radius 1 is 1.41 bits per heavy atom. The molecule has 2 rings (SSSR count). The number of nitrogens with one attached hydrogen (secondary N) is 1. The maximum absolute atomic E-state index is 11.6. The van der Waals surface area contributed by atoms with Crippen LogP contribution >= 0.6 is 11.6 Å². The largest absolute Gasteiger partial charge is 0.480 e. The molecule has 1 fully saturated rings. The number of carboxylic acids is 1. The number of carboxylic acid groups (broad SMARTS) is 1. The summed E-state index contributed by atoms with van der Waals surface area (Å²) in [7, 11) is 0. The quantitative estimate of drug-likeness (QED) is 0.857. The van der Waals surface area contributed by atoms with Gasteiger partial charge in [0.2, 0.25) is 5.91 Å². The third-order valence-electron chi connectivity index (χ3n) is 2.85. The van der Waals surface area contributed by atoms with Crippen LogP contribution in [0.25, 0.3) is 0 Å². The molecule has 0 aliphatic heterocycles. The van der Waals surface area contributed by atoms with E-state index in [4.69, 9.17) is 16.7 Å². The normalized spacial score (nSPS) is 21.9. The van der Waals surface area contributed by atoms with Gasteiger partial charge in [-0.05, 0) is 24.0 Å². The maximum atomic E-state index is 11.6. The number of carbonyl (C=O) groups is 2. The summed E-state index contributed by atoms with van der Waals surface area (Å²) in [5.74, 6) is -1.27. The van der Waals surface area contributed by atoms with Crippen LogP contribution in [0, 0.1) is 5.92 Å². The minimum atomic E-state index is -1.03. The minimum Gasteiger partial charge on any atom is -0.480 e. The van der Waals surface area contributed by atoms with E-state index in [2.05, 4.69) is 5.32 Å². The third-order valence-corrected chi connectivity index (χ3v) is 3.19. The van der Waals surface area contributed by atoms with E-state index in [0.717, 1.165) is 12.0 Å². The number of aliphatic carboxylic acids is 1. The summed E-state index contributed by atoms with van der Waals surface area (Å²) in [5, 5.41) is 11.5. The Hall–Kier alpha value is -1.55. The molecular formula is C12H12ClNO3. The van der Waals surface area contributed by atoms with Crippen molar-refractivity contribution < 1.29 is 14.7 Å². The topological polar surface area (TPSA) is 66.4 Å². The van der Waals surface area contributed by atoms with Gasteiger partial charge in [0, 0.05) is 10.9 Å². The molecule has 1 aromatic carbocycles. The molecule has 4 nitrogen and oxygen atoms in total. The molecule has 1 saturated carbocycles. The Balaban J connectivity index is 1.94. The number of rotatable bonds is 4. The highest BCUT2D eigenvalue weighted by molar-refractivity contribution is 6.31. The molecule has 1 aliphatic rings. The number of amides is 1. The Kier molecular flexibility index (Phi) is 3.33. The fourth-order valence-electron chi connectivity index (χ4n) is 1.90. The third kappa shape index (κ3) is 2.77. The second-order valence-electron chi connectivity index (χ2n) is 4.08. The van der Waals surface area contributed by atoms with Crippen molar-refractivity contribution in [2.75, 3.05) is 6.54 Å². The van der Waals surface area contributed by atoms with E-state index in [-0.39, 0.29) is 24.3 Å². The molecule has 0 aromatic heterocycles. The van der Waals surface area contributed by atoms with Crippen molar-refractivity contribution in [1.82, 2.24) is 5.32 Å². The van der Waals surface area contributed by atoms with E-state index in [1.807, 2.05) is 18.2 Å². The van der Waals surface area contributed by atoms with Gasteiger partial charge in [0.05, 0.1) is 0 Å². The molecule has 2 atom stereocenters. The van der Waals surface area contributed by atoms with E-state index in [1.165, 1.54) is 0 Å². The number of benzene rings is 1. The predicted octanol–water partition coefficient (Wildman–Crippen LogP) is 1.64. The highest BCUT2D eigenvalue weighted by Crippen LogP contribution is 2.49. The van der Waals surface area contributed by atoms with Crippen LogP contribution in [0.5, 0.6) is 0 Å². The van der Waals surface area contributed by atoms with Crippen LogP contribution in [0.15, 0.2) is 24.3 Å². The lowest BCUT2D eigenvalue weighted by molar-refractivity contribution is -0.138. The number of halogens is 1. The Morgan fingerprint density at radius 3 is 2.76 bits per heavy atom. The predicted molar refractivity (Wildman–Crippen MR) is 62.9 cm³/mol. The Labute approximate surface area is 104 Å². The fraction of sp³-hybridized carbons (Fsp3) is 0.333. The van der Waals surface area contributed by atoms with E-state index >= 15 is 0 Å². The minimum absolute atomic E-state index is 0.123. The molecule has 0 bridgehead atoms. The van der Waals surface area contributed by atoms with Crippen molar-refractivity contribution in [1.29, 1.82) is 0 Å². The zero-order valence-electron chi connectivity index (χ0n) is 9.02. The van der Waals surface area contributed by atoms with Crippen LogP contribution in [0.1, 0.15) is 17.9 Å². The molecule has 0 spiro atoms. The van der Waals surface area contributed by atoms with Crippen molar-refractivity contribution in [3.05, 3.63) is 34.9 Å². The summed E-state index contributed by atoms with van der Waals surface area (Å²) in [5.41, 5.74) is 0.963.